The molecule has 5 nitrogen and oxygen atoms in total. The zero-order chi connectivity index (χ0) is 16.1. The van der Waals surface area contributed by atoms with Crippen LogP contribution in [-0.2, 0) is 0 Å². The van der Waals surface area contributed by atoms with E-state index in [1.54, 1.807) is 13.0 Å². The fraction of sp³-hybridized carbons (Fsp3) is 0.647. The molecule has 1 N–H and O–H groups in total. The Balaban J connectivity index is 2.26. The van der Waals surface area contributed by atoms with Crippen LogP contribution in [0.3, 0.4) is 0 Å². The highest BCUT2D eigenvalue weighted by atomic mass is 16.6. The first-order valence-electron chi connectivity index (χ1n) is 8.18. The van der Waals surface area contributed by atoms with Crippen molar-refractivity contribution in [3.63, 3.8) is 0 Å². The maximum Gasteiger partial charge on any atom is 0.272 e. The third-order valence-corrected chi connectivity index (χ3v) is 4.42. The standard InChI is InChI=1S/C17H27N3O2/c1-13(2)4-7-16(19-10-8-18-9-11-19)15-6-5-14(3)17(12-15)20(21)22/h5-6,12-13,16,18H,4,7-11H2,1-3H3/t16-/m0/s1. The first kappa shape index (κ1) is 16.9. The molecule has 122 valence electrons. The van der Waals surface area contributed by atoms with Gasteiger partial charge < -0.3 is 5.32 Å². The highest BCUT2D eigenvalue weighted by Gasteiger charge is 2.24. The molecule has 0 amide bonds. The molecular weight excluding hydrogens is 278 g/mol. The predicted molar refractivity (Wildman–Crippen MR) is 89.1 cm³/mol. The second-order valence-electron chi connectivity index (χ2n) is 6.58. The quantitative estimate of drug-likeness (QED) is 0.647. The van der Waals surface area contributed by atoms with E-state index in [-0.39, 0.29) is 16.7 Å². The number of rotatable bonds is 6. The van der Waals surface area contributed by atoms with Crippen molar-refractivity contribution < 1.29 is 4.92 Å². The normalized spacial score (nSPS) is 17.6. The van der Waals surface area contributed by atoms with E-state index in [1.165, 1.54) is 0 Å². The van der Waals surface area contributed by atoms with Crippen LogP contribution in [0, 0.1) is 23.0 Å². The van der Waals surface area contributed by atoms with E-state index in [9.17, 15) is 10.1 Å². The fourth-order valence-corrected chi connectivity index (χ4v) is 3.08. The maximum atomic E-state index is 11.2. The topological polar surface area (TPSA) is 58.4 Å². The molecular formula is C17H27N3O2. The lowest BCUT2D eigenvalue weighted by Gasteiger charge is -2.35. The van der Waals surface area contributed by atoms with Gasteiger partial charge in [-0.25, -0.2) is 0 Å². The zero-order valence-electron chi connectivity index (χ0n) is 13.8. The molecule has 1 fully saturated rings. The molecule has 2 rings (SSSR count). The number of hydrogen-bond acceptors (Lipinski definition) is 4. The van der Waals surface area contributed by atoms with Crippen LogP contribution in [0.25, 0.3) is 0 Å². The van der Waals surface area contributed by atoms with Gasteiger partial charge in [0.15, 0.2) is 0 Å². The molecule has 1 saturated heterocycles. The molecule has 5 heteroatoms. The van der Waals surface area contributed by atoms with Crippen molar-refractivity contribution in [1.29, 1.82) is 0 Å². The molecule has 1 atom stereocenters. The molecule has 0 aromatic heterocycles. The Bertz CT molecular complexity index is 511. The molecule has 0 bridgehead atoms. The molecule has 1 aromatic carbocycles. The van der Waals surface area contributed by atoms with Crippen LogP contribution in [0.5, 0.6) is 0 Å². The highest BCUT2D eigenvalue weighted by molar-refractivity contribution is 5.43. The van der Waals surface area contributed by atoms with Crippen LogP contribution in [-0.4, -0.2) is 36.0 Å². The number of hydrogen-bond donors (Lipinski definition) is 1. The first-order valence-corrected chi connectivity index (χ1v) is 8.18. The Hall–Kier alpha value is -1.46. The average molecular weight is 305 g/mol. The van der Waals surface area contributed by atoms with Gasteiger partial charge in [-0.05, 0) is 31.2 Å². The Morgan fingerprint density at radius 2 is 1.95 bits per heavy atom. The van der Waals surface area contributed by atoms with E-state index < -0.39 is 0 Å². The van der Waals surface area contributed by atoms with Gasteiger partial charge in [0.05, 0.1) is 4.92 Å². The molecule has 1 aliphatic heterocycles. The van der Waals surface area contributed by atoms with Gasteiger partial charge >= 0.3 is 0 Å². The van der Waals surface area contributed by atoms with E-state index >= 15 is 0 Å². The smallest absolute Gasteiger partial charge is 0.272 e. The second-order valence-corrected chi connectivity index (χ2v) is 6.58. The zero-order valence-corrected chi connectivity index (χ0v) is 13.8. The molecule has 1 aromatic rings. The van der Waals surface area contributed by atoms with Crippen LogP contribution >= 0.6 is 0 Å². The number of aryl methyl sites for hydroxylation is 1. The molecule has 0 radical (unpaired) electrons. The summed E-state index contributed by atoms with van der Waals surface area (Å²) < 4.78 is 0. The van der Waals surface area contributed by atoms with Gasteiger partial charge in [-0.2, -0.15) is 0 Å². The van der Waals surface area contributed by atoms with Gasteiger partial charge in [-0.15, -0.1) is 0 Å². The Morgan fingerprint density at radius 1 is 1.27 bits per heavy atom. The van der Waals surface area contributed by atoms with E-state index in [2.05, 4.69) is 30.1 Å². The summed E-state index contributed by atoms with van der Waals surface area (Å²) in [5.74, 6) is 0.644. The largest absolute Gasteiger partial charge is 0.314 e. The van der Waals surface area contributed by atoms with Crippen LogP contribution in [0.15, 0.2) is 18.2 Å². The lowest BCUT2D eigenvalue weighted by Crippen LogP contribution is -2.45. The summed E-state index contributed by atoms with van der Waals surface area (Å²) >= 11 is 0. The number of benzene rings is 1. The summed E-state index contributed by atoms with van der Waals surface area (Å²) in [7, 11) is 0. The first-order chi connectivity index (χ1) is 10.5. The van der Waals surface area contributed by atoms with Gasteiger partial charge in [0, 0.05) is 43.9 Å². The molecule has 22 heavy (non-hydrogen) atoms. The van der Waals surface area contributed by atoms with Gasteiger partial charge in [-0.1, -0.05) is 26.0 Å². The minimum absolute atomic E-state index is 0.238. The van der Waals surface area contributed by atoms with E-state index in [0.29, 0.717) is 5.92 Å². The van der Waals surface area contributed by atoms with E-state index in [4.69, 9.17) is 0 Å². The molecule has 0 unspecified atom stereocenters. The number of piperazine rings is 1. The molecule has 1 aliphatic rings. The van der Waals surface area contributed by atoms with E-state index in [1.807, 2.05) is 6.07 Å². The number of nitrogens with one attached hydrogen (secondary N) is 1. The summed E-state index contributed by atoms with van der Waals surface area (Å²) in [5, 5.41) is 14.6. The summed E-state index contributed by atoms with van der Waals surface area (Å²) in [6.45, 7) is 10.3. The monoisotopic (exact) mass is 305 g/mol. The van der Waals surface area contributed by atoms with Gasteiger partial charge in [0.25, 0.3) is 5.69 Å². The third kappa shape index (κ3) is 4.27. The van der Waals surface area contributed by atoms with Gasteiger partial charge in [-0.3, -0.25) is 15.0 Å². The van der Waals surface area contributed by atoms with Crippen LogP contribution in [0.1, 0.15) is 43.9 Å². The SMILES string of the molecule is Cc1ccc([C@H](CCC(C)C)N2CCNCC2)cc1[N+](=O)[O-]. The summed E-state index contributed by atoms with van der Waals surface area (Å²) in [6.07, 6.45) is 2.19. The van der Waals surface area contributed by atoms with E-state index in [0.717, 1.165) is 50.1 Å². The van der Waals surface area contributed by atoms with Crippen LogP contribution in [0.4, 0.5) is 5.69 Å². The highest BCUT2D eigenvalue weighted by Crippen LogP contribution is 2.31. The van der Waals surface area contributed by atoms with Crippen molar-refractivity contribution in [2.24, 2.45) is 5.92 Å². The molecule has 0 aliphatic carbocycles. The minimum atomic E-state index is -0.268. The van der Waals surface area contributed by atoms with Crippen molar-refractivity contribution in [2.75, 3.05) is 26.2 Å². The summed E-state index contributed by atoms with van der Waals surface area (Å²) in [6, 6.07) is 6.01. The van der Waals surface area contributed by atoms with Crippen molar-refractivity contribution in [2.45, 2.75) is 39.7 Å². The predicted octanol–water partition coefficient (Wildman–Crippen LogP) is 3.29. The number of nitro groups is 1. The Kier molecular flexibility index (Phi) is 5.91. The fourth-order valence-electron chi connectivity index (χ4n) is 3.08. The van der Waals surface area contributed by atoms with Crippen LogP contribution in [0.2, 0.25) is 0 Å². The summed E-state index contributed by atoms with van der Waals surface area (Å²) in [5.41, 5.74) is 2.05. The molecule has 0 spiro atoms. The second kappa shape index (κ2) is 7.70. The lowest BCUT2D eigenvalue weighted by atomic mass is 9.94. The number of nitrogens with zero attached hydrogens (tertiary/aromatic N) is 2. The Labute approximate surface area is 132 Å². The molecule has 1 heterocycles. The lowest BCUT2D eigenvalue weighted by molar-refractivity contribution is -0.385. The Morgan fingerprint density at radius 3 is 2.55 bits per heavy atom. The van der Waals surface area contributed by atoms with Crippen molar-refractivity contribution in [1.82, 2.24) is 10.2 Å². The van der Waals surface area contributed by atoms with Gasteiger partial charge in [0.1, 0.15) is 0 Å². The average Bonchev–Trinajstić information content (AvgIpc) is 2.49. The maximum absolute atomic E-state index is 11.2. The van der Waals surface area contributed by atoms with Gasteiger partial charge in [0.2, 0.25) is 0 Å². The minimum Gasteiger partial charge on any atom is -0.314 e. The molecule has 0 saturated carbocycles. The third-order valence-electron chi connectivity index (χ3n) is 4.42. The van der Waals surface area contributed by atoms with Crippen molar-refractivity contribution >= 4 is 5.69 Å². The summed E-state index contributed by atoms with van der Waals surface area (Å²) in [4.78, 5) is 13.4. The van der Waals surface area contributed by atoms with Crippen LogP contribution < -0.4 is 5.32 Å². The van der Waals surface area contributed by atoms with Crippen molar-refractivity contribution in [3.8, 4) is 0 Å². The van der Waals surface area contributed by atoms with Crippen molar-refractivity contribution in [3.05, 3.63) is 39.4 Å². The number of nitro benzene ring substituents is 1.